The van der Waals surface area contributed by atoms with Crippen molar-refractivity contribution in [2.45, 2.75) is 13.0 Å². The second-order valence-electron chi connectivity index (χ2n) is 4.35. The summed E-state index contributed by atoms with van der Waals surface area (Å²) in [4.78, 5) is 2.27. The van der Waals surface area contributed by atoms with Crippen LogP contribution in [-0.4, -0.2) is 34.8 Å². The molecule has 1 heterocycles. The standard InChI is InChI=1S/C12H16BrNO2/c13-11-1-2-12(16)10(5-11)7-14-4-3-9(6-14)8-15/h1-2,5,9,15-16H,3-4,6-8H2/t9-/m0/s1. The van der Waals surface area contributed by atoms with E-state index >= 15 is 0 Å². The minimum atomic E-state index is 0.265. The zero-order chi connectivity index (χ0) is 11.5. The van der Waals surface area contributed by atoms with Gasteiger partial charge in [0.1, 0.15) is 5.75 Å². The number of rotatable bonds is 3. The van der Waals surface area contributed by atoms with Crippen molar-refractivity contribution in [2.75, 3.05) is 19.7 Å². The first-order chi connectivity index (χ1) is 7.69. The molecular weight excluding hydrogens is 270 g/mol. The Kier molecular flexibility index (Phi) is 3.84. The molecule has 4 heteroatoms. The van der Waals surface area contributed by atoms with E-state index in [0.29, 0.717) is 11.7 Å². The summed E-state index contributed by atoms with van der Waals surface area (Å²) in [5.41, 5.74) is 0.938. The van der Waals surface area contributed by atoms with Crippen LogP contribution in [0.25, 0.3) is 0 Å². The maximum Gasteiger partial charge on any atom is 0.120 e. The highest BCUT2D eigenvalue weighted by Crippen LogP contribution is 2.25. The number of aromatic hydroxyl groups is 1. The lowest BCUT2D eigenvalue weighted by molar-refractivity contribution is 0.219. The monoisotopic (exact) mass is 285 g/mol. The summed E-state index contributed by atoms with van der Waals surface area (Å²) in [5, 5.41) is 18.8. The Hall–Kier alpha value is -0.580. The minimum Gasteiger partial charge on any atom is -0.508 e. The van der Waals surface area contributed by atoms with Gasteiger partial charge in [0, 0.05) is 29.7 Å². The second kappa shape index (κ2) is 5.17. The maximum atomic E-state index is 9.72. The Morgan fingerprint density at radius 3 is 2.94 bits per heavy atom. The molecule has 0 unspecified atom stereocenters. The fourth-order valence-corrected chi connectivity index (χ4v) is 2.54. The van der Waals surface area contributed by atoms with Gasteiger partial charge in [-0.1, -0.05) is 15.9 Å². The largest absolute Gasteiger partial charge is 0.508 e. The third kappa shape index (κ3) is 2.75. The number of benzene rings is 1. The normalized spacial score (nSPS) is 21.5. The van der Waals surface area contributed by atoms with Crippen molar-refractivity contribution in [1.82, 2.24) is 4.90 Å². The average Bonchev–Trinajstić information content (AvgIpc) is 2.71. The van der Waals surface area contributed by atoms with E-state index in [1.54, 1.807) is 6.07 Å². The lowest BCUT2D eigenvalue weighted by Gasteiger charge is -2.16. The molecule has 0 saturated carbocycles. The summed E-state index contributed by atoms with van der Waals surface area (Å²) in [7, 11) is 0. The number of likely N-dealkylation sites (tertiary alicyclic amines) is 1. The van der Waals surface area contributed by atoms with Gasteiger partial charge < -0.3 is 10.2 Å². The highest BCUT2D eigenvalue weighted by atomic mass is 79.9. The van der Waals surface area contributed by atoms with Gasteiger partial charge >= 0.3 is 0 Å². The van der Waals surface area contributed by atoms with Crippen molar-refractivity contribution >= 4 is 15.9 Å². The molecule has 1 aromatic rings. The Morgan fingerprint density at radius 2 is 2.25 bits per heavy atom. The van der Waals surface area contributed by atoms with E-state index in [9.17, 15) is 5.11 Å². The van der Waals surface area contributed by atoms with E-state index in [2.05, 4.69) is 20.8 Å². The van der Waals surface area contributed by atoms with E-state index in [4.69, 9.17) is 5.11 Å². The van der Waals surface area contributed by atoms with E-state index in [-0.39, 0.29) is 6.61 Å². The molecule has 88 valence electrons. The van der Waals surface area contributed by atoms with Crippen molar-refractivity contribution < 1.29 is 10.2 Å². The summed E-state index contributed by atoms with van der Waals surface area (Å²) in [5.74, 6) is 0.741. The molecule has 0 bridgehead atoms. The van der Waals surface area contributed by atoms with Crippen LogP contribution >= 0.6 is 15.9 Å². The minimum absolute atomic E-state index is 0.265. The van der Waals surface area contributed by atoms with Gasteiger partial charge in [-0.3, -0.25) is 4.90 Å². The SMILES string of the molecule is OC[C@H]1CCN(Cc2cc(Br)ccc2O)C1. The fourth-order valence-electron chi connectivity index (χ4n) is 2.13. The van der Waals surface area contributed by atoms with Gasteiger partial charge in [-0.2, -0.15) is 0 Å². The predicted octanol–water partition coefficient (Wildman–Crippen LogP) is 1.97. The number of nitrogens with zero attached hydrogens (tertiary/aromatic N) is 1. The topological polar surface area (TPSA) is 43.7 Å². The Morgan fingerprint density at radius 1 is 1.44 bits per heavy atom. The van der Waals surface area contributed by atoms with Crippen LogP contribution < -0.4 is 0 Å². The van der Waals surface area contributed by atoms with Gasteiger partial charge in [0.05, 0.1) is 0 Å². The average molecular weight is 286 g/mol. The van der Waals surface area contributed by atoms with E-state index in [1.807, 2.05) is 12.1 Å². The Balaban J connectivity index is 2.01. The van der Waals surface area contributed by atoms with Crippen LogP contribution in [0.5, 0.6) is 5.75 Å². The van der Waals surface area contributed by atoms with Crippen LogP contribution in [0, 0.1) is 5.92 Å². The molecule has 0 aliphatic carbocycles. The summed E-state index contributed by atoms with van der Waals surface area (Å²) in [6.07, 6.45) is 1.05. The van der Waals surface area contributed by atoms with Crippen LogP contribution in [0.1, 0.15) is 12.0 Å². The van der Waals surface area contributed by atoms with Gasteiger partial charge in [-0.25, -0.2) is 0 Å². The molecule has 1 atom stereocenters. The van der Waals surface area contributed by atoms with Crippen LogP contribution in [0.15, 0.2) is 22.7 Å². The van der Waals surface area contributed by atoms with Crippen molar-refractivity contribution in [1.29, 1.82) is 0 Å². The first kappa shape index (κ1) is 11.9. The first-order valence-corrected chi connectivity index (χ1v) is 6.29. The first-order valence-electron chi connectivity index (χ1n) is 5.49. The molecule has 3 nitrogen and oxygen atoms in total. The van der Waals surface area contributed by atoms with Crippen molar-refractivity contribution in [2.24, 2.45) is 5.92 Å². The zero-order valence-corrected chi connectivity index (χ0v) is 10.7. The summed E-state index contributed by atoms with van der Waals surface area (Å²) >= 11 is 3.40. The van der Waals surface area contributed by atoms with Crippen molar-refractivity contribution in [3.05, 3.63) is 28.2 Å². The molecule has 2 N–H and O–H groups in total. The molecule has 0 aromatic heterocycles. The van der Waals surface area contributed by atoms with Crippen LogP contribution in [-0.2, 0) is 6.54 Å². The van der Waals surface area contributed by atoms with E-state index < -0.39 is 0 Å². The lowest BCUT2D eigenvalue weighted by atomic mass is 10.1. The number of hydrogen-bond acceptors (Lipinski definition) is 3. The summed E-state index contributed by atoms with van der Waals surface area (Å²) < 4.78 is 0.984. The smallest absolute Gasteiger partial charge is 0.120 e. The van der Waals surface area contributed by atoms with Crippen LogP contribution in [0.4, 0.5) is 0 Å². The molecule has 2 rings (SSSR count). The number of aliphatic hydroxyl groups excluding tert-OH is 1. The third-order valence-electron chi connectivity index (χ3n) is 3.06. The van der Waals surface area contributed by atoms with Gasteiger partial charge in [-0.15, -0.1) is 0 Å². The molecule has 1 aromatic carbocycles. The van der Waals surface area contributed by atoms with E-state index in [0.717, 1.165) is 36.1 Å². The van der Waals surface area contributed by atoms with Gasteiger partial charge in [0.2, 0.25) is 0 Å². The van der Waals surface area contributed by atoms with Gasteiger partial charge in [0.15, 0.2) is 0 Å². The molecule has 0 amide bonds. The number of phenolic OH excluding ortho intramolecular Hbond substituents is 1. The summed E-state index contributed by atoms with van der Waals surface area (Å²) in [6.45, 7) is 2.93. The number of phenols is 1. The van der Waals surface area contributed by atoms with Gasteiger partial charge in [0.25, 0.3) is 0 Å². The van der Waals surface area contributed by atoms with Crippen molar-refractivity contribution in [3.63, 3.8) is 0 Å². The molecule has 0 radical (unpaired) electrons. The van der Waals surface area contributed by atoms with E-state index in [1.165, 1.54) is 0 Å². The van der Waals surface area contributed by atoms with Crippen LogP contribution in [0.2, 0.25) is 0 Å². The predicted molar refractivity (Wildman–Crippen MR) is 66.3 cm³/mol. The lowest BCUT2D eigenvalue weighted by Crippen LogP contribution is -2.21. The second-order valence-corrected chi connectivity index (χ2v) is 5.26. The Labute approximate surface area is 104 Å². The fraction of sp³-hybridized carbons (Fsp3) is 0.500. The third-order valence-corrected chi connectivity index (χ3v) is 3.56. The molecule has 1 aliphatic rings. The molecule has 16 heavy (non-hydrogen) atoms. The quantitative estimate of drug-likeness (QED) is 0.893. The number of aliphatic hydroxyl groups is 1. The number of hydrogen-bond donors (Lipinski definition) is 2. The molecule has 0 spiro atoms. The molecule has 1 aliphatic heterocycles. The maximum absolute atomic E-state index is 9.72. The molecule has 1 fully saturated rings. The highest BCUT2D eigenvalue weighted by Gasteiger charge is 2.22. The van der Waals surface area contributed by atoms with Gasteiger partial charge in [-0.05, 0) is 37.1 Å². The molecular formula is C12H16BrNO2. The summed E-state index contributed by atoms with van der Waals surface area (Å²) in [6, 6.07) is 5.49. The Bertz CT molecular complexity index is 370. The highest BCUT2D eigenvalue weighted by molar-refractivity contribution is 9.10. The molecule has 1 saturated heterocycles. The zero-order valence-electron chi connectivity index (χ0n) is 9.06. The van der Waals surface area contributed by atoms with Crippen molar-refractivity contribution in [3.8, 4) is 5.75 Å². The number of halogens is 1. The van der Waals surface area contributed by atoms with Crippen LogP contribution in [0.3, 0.4) is 0 Å².